The highest BCUT2D eigenvalue weighted by molar-refractivity contribution is 5.73. The minimum Gasteiger partial charge on any atom is -0.480 e. The molecule has 0 aliphatic heterocycles. The van der Waals surface area contributed by atoms with Crippen molar-refractivity contribution < 1.29 is 9.90 Å². The third-order valence-corrected chi connectivity index (χ3v) is 1.61. The zero-order chi connectivity index (χ0) is 8.85. The van der Waals surface area contributed by atoms with Gasteiger partial charge in [0.2, 0.25) is 0 Å². The fourth-order valence-electron chi connectivity index (χ4n) is 0.715. The Morgan fingerprint density at radius 3 is 2.73 bits per heavy atom. The molecular weight excluding hydrogens is 144 g/mol. The van der Waals surface area contributed by atoms with Crippen LogP contribution < -0.4 is 5.73 Å². The molecule has 0 fully saturated rings. The van der Waals surface area contributed by atoms with E-state index in [0.717, 1.165) is 0 Å². The Balaban J connectivity index is 3.75. The first-order chi connectivity index (χ1) is 5.09. The van der Waals surface area contributed by atoms with E-state index in [-0.39, 0.29) is 5.92 Å². The average Bonchev–Trinajstić information content (AvgIpc) is 1.98. The molecule has 0 heterocycles. The Bertz CT molecular complexity index is 174. The molecule has 0 aliphatic carbocycles. The molecule has 2 atom stereocenters. The van der Waals surface area contributed by atoms with E-state index in [1.54, 1.807) is 6.92 Å². The first-order valence-corrected chi connectivity index (χ1v) is 3.45. The summed E-state index contributed by atoms with van der Waals surface area (Å²) in [5.74, 6) is -1.14. The van der Waals surface area contributed by atoms with Gasteiger partial charge in [-0.2, -0.15) is 5.26 Å². The molecule has 0 rings (SSSR count). The number of hydrogen-bond acceptors (Lipinski definition) is 3. The van der Waals surface area contributed by atoms with Gasteiger partial charge in [0, 0.05) is 6.42 Å². The average molecular weight is 156 g/mol. The Morgan fingerprint density at radius 2 is 2.36 bits per heavy atom. The summed E-state index contributed by atoms with van der Waals surface area (Å²) in [6, 6.07) is 1.10. The molecule has 1 unspecified atom stereocenters. The van der Waals surface area contributed by atoms with Crippen LogP contribution in [0.4, 0.5) is 0 Å². The maximum atomic E-state index is 10.3. The summed E-state index contributed by atoms with van der Waals surface area (Å²) in [4.78, 5) is 10.3. The molecule has 0 saturated heterocycles. The Morgan fingerprint density at radius 1 is 1.82 bits per heavy atom. The highest BCUT2D eigenvalue weighted by atomic mass is 16.4. The second kappa shape index (κ2) is 4.69. The largest absolute Gasteiger partial charge is 0.480 e. The van der Waals surface area contributed by atoms with Gasteiger partial charge in [0.25, 0.3) is 0 Å². The number of rotatable bonds is 4. The quantitative estimate of drug-likeness (QED) is 0.614. The highest BCUT2D eigenvalue weighted by Gasteiger charge is 2.18. The van der Waals surface area contributed by atoms with Crippen LogP contribution in [0.3, 0.4) is 0 Å². The van der Waals surface area contributed by atoms with Gasteiger partial charge in [-0.05, 0) is 12.3 Å². The van der Waals surface area contributed by atoms with E-state index in [9.17, 15) is 4.79 Å². The number of nitriles is 1. The molecule has 4 heteroatoms. The van der Waals surface area contributed by atoms with Gasteiger partial charge in [-0.1, -0.05) is 6.92 Å². The molecule has 4 nitrogen and oxygen atoms in total. The maximum Gasteiger partial charge on any atom is 0.320 e. The van der Waals surface area contributed by atoms with E-state index in [2.05, 4.69) is 0 Å². The molecule has 0 aromatic rings. The molecule has 3 N–H and O–H groups in total. The molecule has 0 saturated carbocycles. The lowest BCUT2D eigenvalue weighted by atomic mass is 9.98. The SMILES string of the molecule is CC(CCC#N)[C@H](N)C(=O)O. The number of hydrogen-bond donors (Lipinski definition) is 2. The van der Waals surface area contributed by atoms with Crippen LogP contribution in [-0.4, -0.2) is 17.1 Å². The molecule has 0 aromatic carbocycles. The minimum atomic E-state index is -1.00. The molecule has 0 aliphatic rings. The van der Waals surface area contributed by atoms with Gasteiger partial charge in [-0.15, -0.1) is 0 Å². The molecule has 0 radical (unpaired) electrons. The topological polar surface area (TPSA) is 87.1 Å². The Kier molecular flexibility index (Phi) is 4.23. The highest BCUT2D eigenvalue weighted by Crippen LogP contribution is 2.08. The smallest absolute Gasteiger partial charge is 0.320 e. The van der Waals surface area contributed by atoms with E-state index in [0.29, 0.717) is 12.8 Å². The van der Waals surface area contributed by atoms with Crippen molar-refractivity contribution in [3.8, 4) is 6.07 Å². The van der Waals surface area contributed by atoms with Crippen LogP contribution in [0.2, 0.25) is 0 Å². The first kappa shape index (κ1) is 9.92. The van der Waals surface area contributed by atoms with Gasteiger partial charge in [0.05, 0.1) is 6.07 Å². The number of carboxylic acids is 1. The number of aliphatic carboxylic acids is 1. The number of carbonyl (C=O) groups is 1. The second-order valence-corrected chi connectivity index (χ2v) is 2.54. The molecule has 0 aromatic heterocycles. The van der Waals surface area contributed by atoms with Crippen molar-refractivity contribution in [2.45, 2.75) is 25.8 Å². The molecule has 62 valence electrons. The standard InChI is InChI=1S/C7H12N2O2/c1-5(3-2-4-8)6(9)7(10)11/h5-6H,2-3,9H2,1H3,(H,10,11)/t5?,6-/m0/s1. The van der Waals surface area contributed by atoms with Crippen molar-refractivity contribution in [3.05, 3.63) is 0 Å². The Hall–Kier alpha value is -1.08. The third-order valence-electron chi connectivity index (χ3n) is 1.61. The molecule has 0 bridgehead atoms. The monoisotopic (exact) mass is 156 g/mol. The Labute approximate surface area is 65.6 Å². The zero-order valence-corrected chi connectivity index (χ0v) is 6.45. The zero-order valence-electron chi connectivity index (χ0n) is 6.45. The van der Waals surface area contributed by atoms with Gasteiger partial charge < -0.3 is 10.8 Å². The van der Waals surface area contributed by atoms with Crippen molar-refractivity contribution in [2.75, 3.05) is 0 Å². The van der Waals surface area contributed by atoms with Crippen LogP contribution in [0.5, 0.6) is 0 Å². The molecule has 0 spiro atoms. The number of nitrogens with two attached hydrogens (primary N) is 1. The van der Waals surface area contributed by atoms with Crippen molar-refractivity contribution in [1.82, 2.24) is 0 Å². The maximum absolute atomic E-state index is 10.3. The van der Waals surface area contributed by atoms with E-state index in [4.69, 9.17) is 16.1 Å². The van der Waals surface area contributed by atoms with Crippen molar-refractivity contribution in [3.63, 3.8) is 0 Å². The van der Waals surface area contributed by atoms with Gasteiger partial charge in [-0.3, -0.25) is 4.79 Å². The second-order valence-electron chi connectivity index (χ2n) is 2.54. The van der Waals surface area contributed by atoms with Crippen molar-refractivity contribution in [1.29, 1.82) is 5.26 Å². The molecule has 11 heavy (non-hydrogen) atoms. The van der Waals surface area contributed by atoms with E-state index in [1.165, 1.54) is 0 Å². The first-order valence-electron chi connectivity index (χ1n) is 3.45. The van der Waals surface area contributed by atoms with Crippen molar-refractivity contribution in [2.24, 2.45) is 11.7 Å². The summed E-state index contributed by atoms with van der Waals surface area (Å²) in [6.45, 7) is 1.73. The van der Waals surface area contributed by atoms with Gasteiger partial charge >= 0.3 is 5.97 Å². The fourth-order valence-corrected chi connectivity index (χ4v) is 0.715. The lowest BCUT2D eigenvalue weighted by Crippen LogP contribution is -2.36. The lowest BCUT2D eigenvalue weighted by Gasteiger charge is -2.13. The van der Waals surface area contributed by atoms with Crippen LogP contribution >= 0.6 is 0 Å². The van der Waals surface area contributed by atoms with Crippen LogP contribution in [0.15, 0.2) is 0 Å². The van der Waals surface area contributed by atoms with Crippen LogP contribution in [0.25, 0.3) is 0 Å². The molecular formula is C7H12N2O2. The van der Waals surface area contributed by atoms with Crippen LogP contribution in [0, 0.1) is 17.2 Å². The van der Waals surface area contributed by atoms with E-state index < -0.39 is 12.0 Å². The summed E-state index contributed by atoms with van der Waals surface area (Å²) in [7, 11) is 0. The van der Waals surface area contributed by atoms with E-state index >= 15 is 0 Å². The predicted molar refractivity (Wildman–Crippen MR) is 39.6 cm³/mol. The normalized spacial score (nSPS) is 15.0. The van der Waals surface area contributed by atoms with Gasteiger partial charge in [-0.25, -0.2) is 0 Å². The van der Waals surface area contributed by atoms with Crippen molar-refractivity contribution >= 4 is 5.97 Å². The van der Waals surface area contributed by atoms with Gasteiger partial charge in [0.15, 0.2) is 0 Å². The summed E-state index contributed by atoms with van der Waals surface area (Å²) in [5.41, 5.74) is 5.29. The third kappa shape index (κ3) is 3.58. The fraction of sp³-hybridized carbons (Fsp3) is 0.714. The van der Waals surface area contributed by atoms with Crippen LogP contribution in [0.1, 0.15) is 19.8 Å². The summed E-state index contributed by atoms with van der Waals surface area (Å²) >= 11 is 0. The summed E-state index contributed by atoms with van der Waals surface area (Å²) in [5, 5.41) is 16.6. The van der Waals surface area contributed by atoms with E-state index in [1.807, 2.05) is 6.07 Å². The number of carboxylic acid groups (broad SMARTS) is 1. The lowest BCUT2D eigenvalue weighted by molar-refractivity contribution is -0.139. The van der Waals surface area contributed by atoms with Crippen LogP contribution in [-0.2, 0) is 4.79 Å². The summed E-state index contributed by atoms with van der Waals surface area (Å²) in [6.07, 6.45) is 0.909. The molecule has 0 amide bonds. The number of nitrogens with zero attached hydrogens (tertiary/aromatic N) is 1. The minimum absolute atomic E-state index is 0.132. The predicted octanol–water partition coefficient (Wildman–Crippen LogP) is 0.338. The van der Waals surface area contributed by atoms with Gasteiger partial charge in [0.1, 0.15) is 6.04 Å². The summed E-state index contributed by atoms with van der Waals surface area (Å²) < 4.78 is 0.